The van der Waals surface area contributed by atoms with E-state index in [4.69, 9.17) is 5.11 Å². The normalized spacial score (nSPS) is 10.4. The number of halogens is 1. The summed E-state index contributed by atoms with van der Waals surface area (Å²) in [7, 11) is 0. The van der Waals surface area contributed by atoms with E-state index in [1.54, 1.807) is 47.8 Å². The van der Waals surface area contributed by atoms with E-state index in [0.717, 1.165) is 5.56 Å². The van der Waals surface area contributed by atoms with Crippen LogP contribution in [0.5, 0.6) is 0 Å². The third-order valence-electron chi connectivity index (χ3n) is 3.68. The van der Waals surface area contributed by atoms with Gasteiger partial charge >= 0.3 is 5.97 Å². The first-order valence-corrected chi connectivity index (χ1v) is 8.94. The molecule has 3 aromatic rings. The van der Waals surface area contributed by atoms with Gasteiger partial charge in [0.15, 0.2) is 5.13 Å². The number of carbonyl (C=O) groups excluding carboxylic acids is 1. The molecular weight excluding hydrogens is 369 g/mol. The summed E-state index contributed by atoms with van der Waals surface area (Å²) >= 11 is 1.17. The van der Waals surface area contributed by atoms with Gasteiger partial charge in [0, 0.05) is 17.5 Å². The molecule has 0 aliphatic rings. The Labute approximate surface area is 158 Å². The number of benzene rings is 2. The first kappa shape index (κ1) is 18.5. The summed E-state index contributed by atoms with van der Waals surface area (Å²) in [6.45, 7) is 0.424. The molecule has 0 fully saturated rings. The second-order valence-electron chi connectivity index (χ2n) is 5.70. The first-order chi connectivity index (χ1) is 13.0. The maximum atomic E-state index is 13.6. The number of hydrogen-bond donors (Lipinski definition) is 3. The number of rotatable bonds is 7. The molecule has 8 heteroatoms. The molecule has 0 saturated heterocycles. The topological polar surface area (TPSA) is 91.3 Å². The standard InChI is InChI=1S/C19H16FN3O3S/c20-15-3-1-2-4-16(15)21-10-12-5-7-13(8-6-12)18(26)23-19-22-14(11-27-19)9-17(24)25/h1-8,11,21H,9-10H2,(H,24,25)(H,22,23,26). The lowest BCUT2D eigenvalue weighted by atomic mass is 10.1. The van der Waals surface area contributed by atoms with Crippen molar-refractivity contribution in [3.05, 3.63) is 76.5 Å². The molecule has 0 saturated carbocycles. The zero-order valence-electron chi connectivity index (χ0n) is 14.1. The summed E-state index contributed by atoms with van der Waals surface area (Å²) in [6, 6.07) is 13.3. The molecular formula is C19H16FN3O3S. The van der Waals surface area contributed by atoms with Crippen molar-refractivity contribution in [2.45, 2.75) is 13.0 Å². The number of thiazole rings is 1. The van der Waals surface area contributed by atoms with Crippen LogP contribution in [0.25, 0.3) is 0 Å². The Morgan fingerprint density at radius 1 is 1.11 bits per heavy atom. The van der Waals surface area contributed by atoms with Crippen LogP contribution < -0.4 is 10.6 Å². The van der Waals surface area contributed by atoms with E-state index >= 15 is 0 Å². The van der Waals surface area contributed by atoms with Gasteiger partial charge in [-0.1, -0.05) is 24.3 Å². The molecule has 3 rings (SSSR count). The average molecular weight is 385 g/mol. The molecule has 0 aliphatic heterocycles. The Bertz CT molecular complexity index is 957. The Morgan fingerprint density at radius 2 is 1.85 bits per heavy atom. The maximum Gasteiger partial charge on any atom is 0.309 e. The second-order valence-corrected chi connectivity index (χ2v) is 6.56. The van der Waals surface area contributed by atoms with Crippen LogP contribution in [0, 0.1) is 5.82 Å². The van der Waals surface area contributed by atoms with Gasteiger partial charge in [0.2, 0.25) is 0 Å². The van der Waals surface area contributed by atoms with Crippen LogP contribution in [-0.2, 0) is 17.8 Å². The number of amides is 1. The number of aliphatic carboxylic acids is 1. The molecule has 2 aromatic carbocycles. The lowest BCUT2D eigenvalue weighted by molar-refractivity contribution is -0.136. The zero-order valence-corrected chi connectivity index (χ0v) is 14.9. The predicted molar refractivity (Wildman–Crippen MR) is 102 cm³/mol. The molecule has 1 heterocycles. The van der Waals surface area contributed by atoms with Crippen molar-refractivity contribution >= 4 is 34.0 Å². The van der Waals surface area contributed by atoms with Crippen molar-refractivity contribution in [2.75, 3.05) is 10.6 Å². The van der Waals surface area contributed by atoms with Gasteiger partial charge in [-0.15, -0.1) is 11.3 Å². The number of carboxylic acids is 1. The number of para-hydroxylation sites is 1. The molecule has 0 unspecified atom stereocenters. The Kier molecular flexibility index (Phi) is 5.77. The lowest BCUT2D eigenvalue weighted by Crippen LogP contribution is -2.12. The summed E-state index contributed by atoms with van der Waals surface area (Å²) in [6.07, 6.45) is -0.184. The molecule has 6 nitrogen and oxygen atoms in total. The van der Waals surface area contributed by atoms with Gasteiger partial charge in [-0.2, -0.15) is 0 Å². The molecule has 0 spiro atoms. The molecule has 3 N–H and O–H groups in total. The van der Waals surface area contributed by atoms with Gasteiger partial charge in [-0.25, -0.2) is 9.37 Å². The monoisotopic (exact) mass is 385 g/mol. The van der Waals surface area contributed by atoms with Crippen molar-refractivity contribution in [2.24, 2.45) is 0 Å². The Hall–Kier alpha value is -3.26. The van der Waals surface area contributed by atoms with Crippen LogP contribution in [-0.4, -0.2) is 22.0 Å². The predicted octanol–water partition coefficient (Wildman–Crippen LogP) is 3.77. The summed E-state index contributed by atoms with van der Waals surface area (Å²) in [5, 5.41) is 16.3. The van der Waals surface area contributed by atoms with E-state index in [2.05, 4.69) is 15.6 Å². The molecule has 0 bridgehead atoms. The fraction of sp³-hybridized carbons (Fsp3) is 0.105. The maximum absolute atomic E-state index is 13.6. The van der Waals surface area contributed by atoms with Crippen LogP contribution in [0.2, 0.25) is 0 Å². The number of anilines is 2. The van der Waals surface area contributed by atoms with Crippen LogP contribution >= 0.6 is 11.3 Å². The summed E-state index contributed by atoms with van der Waals surface area (Å²) in [4.78, 5) is 27.0. The number of aromatic nitrogens is 1. The largest absolute Gasteiger partial charge is 0.481 e. The van der Waals surface area contributed by atoms with E-state index in [-0.39, 0.29) is 18.1 Å². The van der Waals surface area contributed by atoms with Gasteiger partial charge < -0.3 is 10.4 Å². The smallest absolute Gasteiger partial charge is 0.309 e. The van der Waals surface area contributed by atoms with Gasteiger partial charge in [-0.05, 0) is 29.8 Å². The van der Waals surface area contributed by atoms with E-state index < -0.39 is 5.97 Å². The van der Waals surface area contributed by atoms with Crippen molar-refractivity contribution < 1.29 is 19.1 Å². The van der Waals surface area contributed by atoms with Crippen molar-refractivity contribution in [3.63, 3.8) is 0 Å². The average Bonchev–Trinajstić information content (AvgIpc) is 3.07. The summed E-state index contributed by atoms with van der Waals surface area (Å²) in [5.74, 6) is -1.63. The molecule has 1 amide bonds. The van der Waals surface area contributed by atoms with E-state index in [9.17, 15) is 14.0 Å². The van der Waals surface area contributed by atoms with Gasteiger partial charge in [0.1, 0.15) is 5.82 Å². The molecule has 0 atom stereocenters. The van der Waals surface area contributed by atoms with Gasteiger partial charge in [-0.3, -0.25) is 14.9 Å². The highest BCUT2D eigenvalue weighted by atomic mass is 32.1. The Morgan fingerprint density at radius 3 is 2.56 bits per heavy atom. The summed E-state index contributed by atoms with van der Waals surface area (Å²) in [5.41, 5.74) is 2.16. The molecule has 0 aliphatic carbocycles. The molecule has 0 radical (unpaired) electrons. The van der Waals surface area contributed by atoms with E-state index in [1.807, 2.05) is 0 Å². The van der Waals surface area contributed by atoms with Crippen LogP contribution in [0.15, 0.2) is 53.9 Å². The van der Waals surface area contributed by atoms with Gasteiger partial charge in [0.05, 0.1) is 17.8 Å². The molecule has 138 valence electrons. The lowest BCUT2D eigenvalue weighted by Gasteiger charge is -2.08. The second kappa shape index (κ2) is 8.41. The molecule has 27 heavy (non-hydrogen) atoms. The quantitative estimate of drug-likeness (QED) is 0.576. The van der Waals surface area contributed by atoms with Crippen LogP contribution in [0.3, 0.4) is 0 Å². The SMILES string of the molecule is O=C(O)Cc1csc(NC(=O)c2ccc(CNc3ccccc3F)cc2)n1. The third-order valence-corrected chi connectivity index (χ3v) is 4.48. The first-order valence-electron chi connectivity index (χ1n) is 8.06. The van der Waals surface area contributed by atoms with E-state index in [0.29, 0.717) is 28.6 Å². The minimum absolute atomic E-state index is 0.184. The fourth-order valence-electron chi connectivity index (χ4n) is 2.35. The Balaban J connectivity index is 1.58. The van der Waals surface area contributed by atoms with Crippen molar-refractivity contribution in [3.8, 4) is 0 Å². The fourth-order valence-corrected chi connectivity index (χ4v) is 3.05. The number of nitrogens with zero attached hydrogens (tertiary/aromatic N) is 1. The number of hydrogen-bond acceptors (Lipinski definition) is 5. The van der Waals surface area contributed by atoms with Crippen LogP contribution in [0.1, 0.15) is 21.6 Å². The molecule has 1 aromatic heterocycles. The number of nitrogens with one attached hydrogen (secondary N) is 2. The van der Waals surface area contributed by atoms with Crippen molar-refractivity contribution in [1.29, 1.82) is 0 Å². The zero-order chi connectivity index (χ0) is 19.2. The highest BCUT2D eigenvalue weighted by Gasteiger charge is 2.11. The number of carboxylic acid groups (broad SMARTS) is 1. The minimum atomic E-state index is -0.974. The highest BCUT2D eigenvalue weighted by Crippen LogP contribution is 2.18. The van der Waals surface area contributed by atoms with Crippen molar-refractivity contribution in [1.82, 2.24) is 4.98 Å². The highest BCUT2D eigenvalue weighted by molar-refractivity contribution is 7.14. The third kappa shape index (κ3) is 5.11. The van der Waals surface area contributed by atoms with E-state index in [1.165, 1.54) is 17.4 Å². The minimum Gasteiger partial charge on any atom is -0.481 e. The van der Waals surface area contributed by atoms with Crippen LogP contribution in [0.4, 0.5) is 15.2 Å². The number of carbonyl (C=O) groups is 2. The summed E-state index contributed by atoms with van der Waals surface area (Å²) < 4.78 is 13.6. The van der Waals surface area contributed by atoms with Gasteiger partial charge in [0.25, 0.3) is 5.91 Å².